The number of ether oxygens (including phenoxy) is 2. The summed E-state index contributed by atoms with van der Waals surface area (Å²) in [6.45, 7) is 2.37. The highest BCUT2D eigenvalue weighted by Gasteiger charge is 2.13. The smallest absolute Gasteiger partial charge is 0.262 e. The molecule has 0 aliphatic heterocycles. The van der Waals surface area contributed by atoms with E-state index in [1.807, 2.05) is 6.92 Å². The molecule has 2 aromatic rings. The van der Waals surface area contributed by atoms with E-state index < -0.39 is 5.91 Å². The molecule has 0 fully saturated rings. The van der Waals surface area contributed by atoms with Crippen LogP contribution in [0.25, 0.3) is 0 Å². The fraction of sp³-hybridized carbons (Fsp3) is 0.211. The average Bonchev–Trinajstić information content (AvgIpc) is 2.68. The lowest BCUT2D eigenvalue weighted by Crippen LogP contribution is -2.31. The van der Waals surface area contributed by atoms with Gasteiger partial charge in [-0.15, -0.1) is 0 Å². The molecule has 1 amide bonds. The second kappa shape index (κ2) is 11.3. The number of rotatable bonds is 8. The van der Waals surface area contributed by atoms with E-state index in [0.717, 1.165) is 5.56 Å². The highest BCUT2D eigenvalue weighted by molar-refractivity contribution is 9.10. The van der Waals surface area contributed by atoms with Gasteiger partial charge >= 0.3 is 0 Å². The zero-order valence-corrected chi connectivity index (χ0v) is 18.2. The minimum atomic E-state index is -0.391. The van der Waals surface area contributed by atoms with Gasteiger partial charge in [-0.3, -0.25) is 10.2 Å². The van der Waals surface area contributed by atoms with Crippen LogP contribution in [0.4, 0.5) is 10.1 Å². The highest BCUT2D eigenvalue weighted by Crippen LogP contribution is 2.36. The molecule has 29 heavy (non-hydrogen) atoms. The number of thiocarbonyl (C=S) groups is 1. The number of amides is 1. The molecule has 2 aromatic carbocycles. The van der Waals surface area contributed by atoms with Crippen molar-refractivity contribution in [2.75, 3.05) is 25.6 Å². The molecule has 10 heteroatoms. The number of carbonyl (C=O) groups is 1. The predicted molar refractivity (Wildman–Crippen MR) is 118 cm³/mol. The summed E-state index contributed by atoms with van der Waals surface area (Å²) in [7, 11) is 1.49. The Balaban J connectivity index is 2.01. The maximum absolute atomic E-state index is 12.9. The van der Waals surface area contributed by atoms with Gasteiger partial charge in [-0.25, -0.2) is 4.39 Å². The first-order valence-electron chi connectivity index (χ1n) is 8.55. The van der Waals surface area contributed by atoms with E-state index in [1.54, 1.807) is 18.3 Å². The third-order valence-electron chi connectivity index (χ3n) is 3.44. The van der Waals surface area contributed by atoms with E-state index >= 15 is 0 Å². The quantitative estimate of drug-likeness (QED) is 0.303. The van der Waals surface area contributed by atoms with Crippen molar-refractivity contribution in [3.05, 3.63) is 52.3 Å². The van der Waals surface area contributed by atoms with E-state index in [-0.39, 0.29) is 12.4 Å². The summed E-state index contributed by atoms with van der Waals surface area (Å²) in [5.74, 6) is 0.0206. The highest BCUT2D eigenvalue weighted by atomic mass is 79.9. The summed E-state index contributed by atoms with van der Waals surface area (Å²) in [5.41, 5.74) is 3.89. The van der Waals surface area contributed by atoms with Crippen LogP contribution in [-0.4, -0.2) is 37.5 Å². The van der Waals surface area contributed by atoms with Crippen LogP contribution < -0.4 is 25.5 Å². The van der Waals surface area contributed by atoms with Crippen molar-refractivity contribution in [2.24, 2.45) is 5.10 Å². The number of anilines is 1. The molecule has 0 heterocycles. The number of hydrogen-bond donors (Lipinski definition) is 3. The Morgan fingerprint density at radius 1 is 1.31 bits per heavy atom. The predicted octanol–water partition coefficient (Wildman–Crippen LogP) is 3.43. The zero-order chi connectivity index (χ0) is 21.2. The number of methoxy groups -OCH3 is 1. The third-order valence-corrected chi connectivity index (χ3v) is 4.27. The molecule has 0 aliphatic rings. The normalized spacial score (nSPS) is 10.5. The largest absolute Gasteiger partial charge is 0.493 e. The molecule has 7 nitrogen and oxygen atoms in total. The molecule has 0 saturated carbocycles. The lowest BCUT2D eigenvalue weighted by molar-refractivity contribution is -0.118. The van der Waals surface area contributed by atoms with Crippen LogP contribution in [0.1, 0.15) is 12.5 Å². The standard InChI is InChI=1S/C19H20BrFN4O3S/c1-3-22-19(29)25-23-10-12-8-15(20)18(16(9-12)27-2)28-11-17(26)24-14-6-4-13(21)5-7-14/h4-10H,3,11H2,1-2H3,(H,24,26)(H2,22,25,29). The van der Waals surface area contributed by atoms with E-state index in [9.17, 15) is 9.18 Å². The van der Waals surface area contributed by atoms with Crippen LogP contribution in [0.15, 0.2) is 46.0 Å². The molecule has 3 N–H and O–H groups in total. The van der Waals surface area contributed by atoms with Crippen LogP contribution in [-0.2, 0) is 4.79 Å². The summed E-state index contributed by atoms with van der Waals surface area (Å²) < 4.78 is 24.5. The number of nitrogens with zero attached hydrogens (tertiary/aromatic N) is 1. The molecular weight excluding hydrogens is 463 g/mol. The number of hydrogen-bond acceptors (Lipinski definition) is 5. The van der Waals surface area contributed by atoms with Crippen LogP contribution in [0, 0.1) is 5.82 Å². The summed E-state index contributed by atoms with van der Waals surface area (Å²) in [5, 5.41) is 10.0. The van der Waals surface area contributed by atoms with Crippen molar-refractivity contribution < 1.29 is 18.7 Å². The number of halogens is 2. The number of carbonyl (C=O) groups excluding carboxylic acids is 1. The van der Waals surface area contributed by atoms with Crippen LogP contribution in [0.3, 0.4) is 0 Å². The lowest BCUT2D eigenvalue weighted by Gasteiger charge is -2.13. The first-order chi connectivity index (χ1) is 13.9. The fourth-order valence-corrected chi connectivity index (χ4v) is 2.96. The molecule has 0 bridgehead atoms. The minimum absolute atomic E-state index is 0.252. The van der Waals surface area contributed by atoms with Crippen molar-refractivity contribution >= 4 is 51.1 Å². The van der Waals surface area contributed by atoms with E-state index in [0.29, 0.717) is 33.3 Å². The van der Waals surface area contributed by atoms with Crippen molar-refractivity contribution in [1.29, 1.82) is 0 Å². The second-order valence-electron chi connectivity index (χ2n) is 5.61. The van der Waals surface area contributed by atoms with Gasteiger partial charge in [-0.05, 0) is 77.0 Å². The van der Waals surface area contributed by atoms with Crippen molar-refractivity contribution in [1.82, 2.24) is 10.7 Å². The summed E-state index contributed by atoms with van der Waals surface area (Å²) in [6, 6.07) is 8.92. The first-order valence-corrected chi connectivity index (χ1v) is 9.75. The Labute approximate surface area is 181 Å². The molecule has 0 saturated heterocycles. The molecule has 2 rings (SSSR count). The Bertz CT molecular complexity index is 894. The Morgan fingerprint density at radius 3 is 2.69 bits per heavy atom. The molecule has 154 valence electrons. The summed E-state index contributed by atoms with van der Waals surface area (Å²) in [6.07, 6.45) is 1.57. The Hall–Kier alpha value is -2.72. The number of nitrogens with one attached hydrogen (secondary N) is 3. The van der Waals surface area contributed by atoms with Gasteiger partial charge in [0.25, 0.3) is 5.91 Å². The van der Waals surface area contributed by atoms with Gasteiger partial charge in [0.15, 0.2) is 23.2 Å². The topological polar surface area (TPSA) is 84.0 Å². The minimum Gasteiger partial charge on any atom is -0.493 e. The van der Waals surface area contributed by atoms with E-state index in [1.165, 1.54) is 31.4 Å². The van der Waals surface area contributed by atoms with Crippen molar-refractivity contribution in [2.45, 2.75) is 6.92 Å². The van der Waals surface area contributed by atoms with Gasteiger partial charge in [0.1, 0.15) is 5.82 Å². The third kappa shape index (κ3) is 7.31. The number of benzene rings is 2. The molecule has 0 aliphatic carbocycles. The van der Waals surface area contributed by atoms with Gasteiger partial charge in [0.05, 0.1) is 17.8 Å². The van der Waals surface area contributed by atoms with Crippen molar-refractivity contribution in [3.8, 4) is 11.5 Å². The van der Waals surface area contributed by atoms with Crippen LogP contribution in [0.5, 0.6) is 11.5 Å². The lowest BCUT2D eigenvalue weighted by atomic mass is 10.2. The maximum Gasteiger partial charge on any atom is 0.262 e. The molecular formula is C19H20BrFN4O3S. The average molecular weight is 483 g/mol. The molecule has 0 aromatic heterocycles. The van der Waals surface area contributed by atoms with Gasteiger partial charge < -0.3 is 20.1 Å². The summed E-state index contributed by atoms with van der Waals surface area (Å²) >= 11 is 8.44. The molecule has 0 radical (unpaired) electrons. The SMILES string of the molecule is CCNC(=S)NN=Cc1cc(Br)c(OCC(=O)Nc2ccc(F)cc2)c(OC)c1. The van der Waals surface area contributed by atoms with Crippen LogP contribution >= 0.6 is 28.1 Å². The monoisotopic (exact) mass is 482 g/mol. The molecule has 0 atom stereocenters. The van der Waals surface area contributed by atoms with Gasteiger partial charge in [0.2, 0.25) is 0 Å². The van der Waals surface area contributed by atoms with Gasteiger partial charge in [0, 0.05) is 12.2 Å². The van der Waals surface area contributed by atoms with Gasteiger partial charge in [-0.2, -0.15) is 5.10 Å². The van der Waals surface area contributed by atoms with Gasteiger partial charge in [-0.1, -0.05) is 0 Å². The Kier molecular flexibility index (Phi) is 8.81. The van der Waals surface area contributed by atoms with E-state index in [4.69, 9.17) is 21.7 Å². The van der Waals surface area contributed by atoms with E-state index in [2.05, 4.69) is 37.1 Å². The number of hydrazone groups is 1. The van der Waals surface area contributed by atoms with Crippen LogP contribution in [0.2, 0.25) is 0 Å². The molecule has 0 spiro atoms. The summed E-state index contributed by atoms with van der Waals surface area (Å²) in [4.78, 5) is 12.1. The zero-order valence-electron chi connectivity index (χ0n) is 15.8. The first kappa shape index (κ1) is 22.6. The second-order valence-corrected chi connectivity index (χ2v) is 6.87. The Morgan fingerprint density at radius 2 is 2.03 bits per heavy atom. The van der Waals surface area contributed by atoms with Crippen molar-refractivity contribution in [3.63, 3.8) is 0 Å². The maximum atomic E-state index is 12.9. The molecule has 0 unspecified atom stereocenters. The fourth-order valence-electron chi connectivity index (χ4n) is 2.19.